The molecule has 3 aromatic rings. The summed E-state index contributed by atoms with van der Waals surface area (Å²) in [6.07, 6.45) is 6.65. The fourth-order valence-electron chi connectivity index (χ4n) is 3.09. The number of aromatic nitrogens is 2. The number of benzene rings is 2. The summed E-state index contributed by atoms with van der Waals surface area (Å²) in [6, 6.07) is 15.9. The fraction of sp³-hybridized carbons (Fsp3) is 0.0455. The van der Waals surface area contributed by atoms with Gasteiger partial charge in [-0.3, -0.25) is 4.79 Å². The minimum absolute atomic E-state index is 0.0254. The number of nitrogens with zero attached hydrogens (tertiary/aromatic N) is 2. The number of nitrogens with one attached hydrogen (secondary N) is 2. The summed E-state index contributed by atoms with van der Waals surface area (Å²) < 4.78 is 1.57. The lowest BCUT2D eigenvalue weighted by Crippen LogP contribution is -2.24. The van der Waals surface area contributed by atoms with Crippen molar-refractivity contribution in [1.82, 2.24) is 9.78 Å². The zero-order valence-corrected chi connectivity index (χ0v) is 16.4. The molecule has 1 atom stereocenters. The van der Waals surface area contributed by atoms with Crippen molar-refractivity contribution in [2.24, 2.45) is 0 Å². The number of carboxylic acids is 1. The average Bonchev–Trinajstić information content (AvgIpc) is 3.17. The smallest absolute Gasteiger partial charge is 0.352 e. The molecule has 0 radical (unpaired) electrons. The SMILES string of the molecule is O=C(O)C1=C[C@H](/C=C/c2ccccc2)n2ncc(C(=O)Nc3cccc(Cl)c3)c2N1. The van der Waals surface area contributed by atoms with Crippen LogP contribution in [0, 0.1) is 0 Å². The first kappa shape index (κ1) is 19.5. The molecular weight excluding hydrogens is 404 g/mol. The third-order valence-corrected chi connectivity index (χ3v) is 4.75. The van der Waals surface area contributed by atoms with Gasteiger partial charge < -0.3 is 15.7 Å². The number of carboxylic acid groups (broad SMARTS) is 1. The topological polar surface area (TPSA) is 96.2 Å². The highest BCUT2D eigenvalue weighted by Crippen LogP contribution is 2.30. The number of fused-ring (bicyclic) bond motifs is 1. The lowest BCUT2D eigenvalue weighted by molar-refractivity contribution is -0.132. The summed E-state index contributed by atoms with van der Waals surface area (Å²) in [4.78, 5) is 24.4. The summed E-state index contributed by atoms with van der Waals surface area (Å²) in [5.74, 6) is -1.25. The van der Waals surface area contributed by atoms with Crippen molar-refractivity contribution < 1.29 is 14.7 Å². The average molecular weight is 421 g/mol. The molecule has 0 saturated carbocycles. The number of allylic oxidation sites excluding steroid dienone is 2. The van der Waals surface area contributed by atoms with E-state index in [4.69, 9.17) is 11.6 Å². The maximum atomic E-state index is 12.8. The number of aliphatic carboxylic acids is 1. The van der Waals surface area contributed by atoms with E-state index in [9.17, 15) is 14.7 Å². The predicted octanol–water partition coefficient (Wildman–Crippen LogP) is 4.44. The van der Waals surface area contributed by atoms with E-state index in [1.54, 1.807) is 35.0 Å². The Morgan fingerprint density at radius 1 is 1.17 bits per heavy atom. The molecule has 4 rings (SSSR count). The molecule has 1 aliphatic rings. The second-order valence-electron chi connectivity index (χ2n) is 6.59. The molecule has 1 amide bonds. The van der Waals surface area contributed by atoms with E-state index >= 15 is 0 Å². The first-order chi connectivity index (χ1) is 14.5. The number of rotatable bonds is 5. The number of carbonyl (C=O) groups is 2. The van der Waals surface area contributed by atoms with Gasteiger partial charge in [0.15, 0.2) is 0 Å². The summed E-state index contributed by atoms with van der Waals surface area (Å²) in [5.41, 5.74) is 1.69. The predicted molar refractivity (Wildman–Crippen MR) is 115 cm³/mol. The first-order valence-electron chi connectivity index (χ1n) is 9.11. The van der Waals surface area contributed by atoms with Crippen molar-refractivity contribution in [2.45, 2.75) is 6.04 Å². The molecule has 0 saturated heterocycles. The highest BCUT2D eigenvalue weighted by Gasteiger charge is 2.27. The summed E-state index contributed by atoms with van der Waals surface area (Å²) >= 11 is 5.97. The van der Waals surface area contributed by atoms with E-state index in [-0.39, 0.29) is 11.3 Å². The van der Waals surface area contributed by atoms with E-state index < -0.39 is 17.9 Å². The van der Waals surface area contributed by atoms with E-state index in [1.807, 2.05) is 42.5 Å². The van der Waals surface area contributed by atoms with Gasteiger partial charge in [0, 0.05) is 10.7 Å². The Kier molecular flexibility index (Phi) is 5.36. The molecule has 30 heavy (non-hydrogen) atoms. The maximum absolute atomic E-state index is 12.8. The lowest BCUT2D eigenvalue weighted by atomic mass is 10.1. The van der Waals surface area contributed by atoms with Crippen molar-refractivity contribution in [3.05, 3.63) is 94.8 Å². The van der Waals surface area contributed by atoms with Gasteiger partial charge in [0.2, 0.25) is 0 Å². The molecule has 2 heterocycles. The Labute approximate surface area is 177 Å². The van der Waals surface area contributed by atoms with Crippen LogP contribution in [-0.2, 0) is 4.79 Å². The third-order valence-electron chi connectivity index (χ3n) is 4.51. The van der Waals surface area contributed by atoms with Crippen LogP contribution in [-0.4, -0.2) is 26.8 Å². The van der Waals surface area contributed by atoms with Crippen molar-refractivity contribution >= 4 is 41.1 Å². The number of amides is 1. The van der Waals surface area contributed by atoms with Crippen LogP contribution >= 0.6 is 11.6 Å². The highest BCUT2D eigenvalue weighted by molar-refractivity contribution is 6.31. The van der Waals surface area contributed by atoms with Crippen LogP contribution < -0.4 is 10.6 Å². The van der Waals surface area contributed by atoms with Crippen LogP contribution in [0.2, 0.25) is 5.02 Å². The summed E-state index contributed by atoms with van der Waals surface area (Å²) in [7, 11) is 0. The maximum Gasteiger partial charge on any atom is 0.352 e. The van der Waals surface area contributed by atoms with Crippen molar-refractivity contribution in [2.75, 3.05) is 10.6 Å². The van der Waals surface area contributed by atoms with Gasteiger partial charge in [-0.2, -0.15) is 5.10 Å². The zero-order valence-electron chi connectivity index (χ0n) is 15.6. The van der Waals surface area contributed by atoms with Gasteiger partial charge in [0.05, 0.1) is 12.2 Å². The quantitative estimate of drug-likeness (QED) is 0.567. The summed E-state index contributed by atoms with van der Waals surface area (Å²) in [6.45, 7) is 0. The van der Waals surface area contributed by atoms with Gasteiger partial charge in [-0.05, 0) is 29.8 Å². The number of halogens is 1. The molecule has 3 N–H and O–H groups in total. The standard InChI is InChI=1S/C22H17ClN4O3/c23-15-7-4-8-16(11-15)25-21(28)18-13-24-27-17(10-9-14-5-2-1-3-6-14)12-19(22(29)30)26-20(18)27/h1-13,17,26H,(H,25,28)(H,29,30)/b10-9+/t17-/m0/s1. The van der Waals surface area contributed by atoms with E-state index in [0.29, 0.717) is 16.5 Å². The minimum atomic E-state index is -1.12. The minimum Gasteiger partial charge on any atom is -0.477 e. The van der Waals surface area contributed by atoms with Gasteiger partial charge in [-0.15, -0.1) is 0 Å². The molecule has 7 nitrogen and oxygen atoms in total. The van der Waals surface area contributed by atoms with Gasteiger partial charge in [0.1, 0.15) is 17.1 Å². The van der Waals surface area contributed by atoms with Gasteiger partial charge in [0.25, 0.3) is 5.91 Å². The molecular formula is C22H17ClN4O3. The Bertz CT molecular complexity index is 1170. The lowest BCUT2D eigenvalue weighted by Gasteiger charge is -2.22. The number of anilines is 2. The molecule has 8 heteroatoms. The fourth-order valence-corrected chi connectivity index (χ4v) is 3.28. The Morgan fingerprint density at radius 2 is 1.97 bits per heavy atom. The first-order valence-corrected chi connectivity index (χ1v) is 9.49. The molecule has 150 valence electrons. The van der Waals surface area contributed by atoms with Gasteiger partial charge >= 0.3 is 5.97 Å². The Hall–Kier alpha value is -3.84. The van der Waals surface area contributed by atoms with Crippen LogP contribution in [0.15, 0.2) is 78.6 Å². The van der Waals surface area contributed by atoms with E-state index in [1.165, 1.54) is 6.20 Å². The summed E-state index contributed by atoms with van der Waals surface area (Å²) in [5, 5.41) is 19.8. The van der Waals surface area contributed by atoms with Crippen molar-refractivity contribution in [1.29, 1.82) is 0 Å². The van der Waals surface area contributed by atoms with Crippen LogP contribution in [0.5, 0.6) is 0 Å². The van der Waals surface area contributed by atoms with E-state index in [2.05, 4.69) is 15.7 Å². The van der Waals surface area contributed by atoms with Crippen LogP contribution in [0.4, 0.5) is 11.5 Å². The number of hydrogen-bond donors (Lipinski definition) is 3. The highest BCUT2D eigenvalue weighted by atomic mass is 35.5. The van der Waals surface area contributed by atoms with Crippen LogP contribution in [0.1, 0.15) is 22.0 Å². The Balaban J connectivity index is 1.65. The molecule has 2 aromatic carbocycles. The third kappa shape index (κ3) is 4.11. The molecule has 1 aromatic heterocycles. The van der Waals surface area contributed by atoms with Crippen LogP contribution in [0.3, 0.4) is 0 Å². The normalized spacial score (nSPS) is 15.2. The van der Waals surface area contributed by atoms with Gasteiger partial charge in [-0.25, -0.2) is 9.48 Å². The van der Waals surface area contributed by atoms with E-state index in [0.717, 1.165) is 5.56 Å². The zero-order chi connectivity index (χ0) is 21.1. The number of hydrogen-bond acceptors (Lipinski definition) is 4. The van der Waals surface area contributed by atoms with Gasteiger partial charge in [-0.1, -0.05) is 60.2 Å². The monoisotopic (exact) mass is 420 g/mol. The molecule has 0 fully saturated rings. The molecule has 0 aliphatic carbocycles. The number of carbonyl (C=O) groups excluding carboxylic acids is 1. The largest absolute Gasteiger partial charge is 0.477 e. The van der Waals surface area contributed by atoms with Crippen LogP contribution in [0.25, 0.3) is 6.08 Å². The second kappa shape index (κ2) is 8.26. The molecule has 1 aliphatic heterocycles. The molecule has 0 bridgehead atoms. The van der Waals surface area contributed by atoms with Crippen molar-refractivity contribution in [3.63, 3.8) is 0 Å². The molecule has 0 unspecified atom stereocenters. The van der Waals surface area contributed by atoms with Crippen molar-refractivity contribution in [3.8, 4) is 0 Å². The molecule has 0 spiro atoms. The Morgan fingerprint density at radius 3 is 2.70 bits per heavy atom. The second-order valence-corrected chi connectivity index (χ2v) is 7.02.